The van der Waals surface area contributed by atoms with E-state index in [1.165, 1.54) is 0 Å². The lowest BCUT2D eigenvalue weighted by molar-refractivity contribution is 0.117. The lowest BCUT2D eigenvalue weighted by Gasteiger charge is -2.28. The molecule has 8 nitrogen and oxygen atoms in total. The normalized spacial score (nSPS) is 15.1. The highest BCUT2D eigenvalue weighted by Crippen LogP contribution is 2.46. The van der Waals surface area contributed by atoms with Gasteiger partial charge in [0.2, 0.25) is 0 Å². The molecule has 0 spiro atoms. The molecule has 34 heavy (non-hydrogen) atoms. The Hall–Kier alpha value is -3.88. The van der Waals surface area contributed by atoms with E-state index in [0.29, 0.717) is 52.4 Å². The summed E-state index contributed by atoms with van der Waals surface area (Å²) in [5.41, 5.74) is 2.30. The van der Waals surface area contributed by atoms with Crippen LogP contribution in [-0.4, -0.2) is 35.3 Å². The number of H-pyrrole nitrogens is 1. The third kappa shape index (κ3) is 3.07. The Kier molecular flexibility index (Phi) is 4.45. The zero-order chi connectivity index (χ0) is 23.5. The second kappa shape index (κ2) is 7.31. The molecule has 5 aromatic rings. The van der Waals surface area contributed by atoms with Crippen molar-refractivity contribution in [2.24, 2.45) is 0 Å². The molecular weight excluding hydrogens is 430 g/mol. The van der Waals surface area contributed by atoms with Gasteiger partial charge in [0.25, 0.3) is 0 Å². The molecule has 1 aromatic carbocycles. The molecule has 1 saturated carbocycles. The van der Waals surface area contributed by atoms with Gasteiger partial charge in [0.15, 0.2) is 5.60 Å². The van der Waals surface area contributed by atoms with Gasteiger partial charge >= 0.3 is 0 Å². The molecule has 1 fully saturated rings. The third-order valence-electron chi connectivity index (χ3n) is 6.53. The molecule has 0 saturated heterocycles. The summed E-state index contributed by atoms with van der Waals surface area (Å²) in [5, 5.41) is 27.3. The average molecular weight is 454 g/mol. The van der Waals surface area contributed by atoms with Crippen molar-refractivity contribution in [1.29, 1.82) is 0 Å². The summed E-state index contributed by atoms with van der Waals surface area (Å²) in [6.07, 6.45) is 4.57. The Balaban J connectivity index is 1.71. The molecule has 8 heteroatoms. The van der Waals surface area contributed by atoms with E-state index in [0.717, 1.165) is 16.8 Å². The quantitative estimate of drug-likeness (QED) is 0.369. The SMILES string of the molecule is Cc1noc(C)c1-c1cc(C(O)(c2ccccn2)c2ccccn2)c2nc(C3(O)CC3)[nH]c2c1. The number of aryl methyl sites for hydroxylation is 2. The van der Waals surface area contributed by atoms with Gasteiger partial charge in [-0.1, -0.05) is 17.3 Å². The van der Waals surface area contributed by atoms with Gasteiger partial charge in [0, 0.05) is 23.5 Å². The van der Waals surface area contributed by atoms with E-state index >= 15 is 0 Å². The Bertz CT molecular complexity index is 1450. The van der Waals surface area contributed by atoms with Gasteiger partial charge in [0.05, 0.1) is 28.1 Å². The highest BCUT2D eigenvalue weighted by atomic mass is 16.5. The molecule has 0 amide bonds. The number of aromatic amines is 1. The predicted octanol–water partition coefficient (Wildman–Crippen LogP) is 3.89. The van der Waals surface area contributed by atoms with Crippen LogP contribution in [0.25, 0.3) is 22.2 Å². The van der Waals surface area contributed by atoms with E-state index in [1.807, 2.05) is 38.1 Å². The van der Waals surface area contributed by atoms with E-state index in [4.69, 9.17) is 9.51 Å². The molecule has 0 unspecified atom stereocenters. The van der Waals surface area contributed by atoms with Crippen molar-refractivity contribution in [1.82, 2.24) is 25.1 Å². The van der Waals surface area contributed by atoms with Crippen LogP contribution < -0.4 is 0 Å². The molecule has 0 radical (unpaired) electrons. The summed E-state index contributed by atoms with van der Waals surface area (Å²) < 4.78 is 5.42. The molecule has 1 aliphatic rings. The monoisotopic (exact) mass is 453 g/mol. The Morgan fingerprint density at radius 3 is 2.21 bits per heavy atom. The van der Waals surface area contributed by atoms with Crippen LogP contribution >= 0.6 is 0 Å². The fraction of sp³-hybridized carbons (Fsp3) is 0.231. The second-order valence-corrected chi connectivity index (χ2v) is 8.88. The smallest absolute Gasteiger partial charge is 0.176 e. The summed E-state index contributed by atoms with van der Waals surface area (Å²) in [5.74, 6) is 1.16. The van der Waals surface area contributed by atoms with Gasteiger partial charge in [-0.2, -0.15) is 0 Å². The second-order valence-electron chi connectivity index (χ2n) is 8.88. The number of nitrogens with one attached hydrogen (secondary N) is 1. The van der Waals surface area contributed by atoms with Crippen LogP contribution in [0.4, 0.5) is 0 Å². The molecule has 0 atom stereocenters. The summed E-state index contributed by atoms with van der Waals surface area (Å²) in [4.78, 5) is 17.1. The summed E-state index contributed by atoms with van der Waals surface area (Å²) in [7, 11) is 0. The largest absolute Gasteiger partial charge is 0.382 e. The van der Waals surface area contributed by atoms with Crippen molar-refractivity contribution >= 4 is 11.0 Å². The van der Waals surface area contributed by atoms with Crippen LogP contribution in [0, 0.1) is 13.8 Å². The van der Waals surface area contributed by atoms with Crippen molar-refractivity contribution in [2.75, 3.05) is 0 Å². The van der Waals surface area contributed by atoms with E-state index in [-0.39, 0.29) is 0 Å². The standard InChI is InChI=1S/C26H23N5O3/c1-15-22(16(2)34-31-15)17-13-18(23-19(14-17)29-24(30-23)25(32)9-10-25)26(33,20-7-3-5-11-27-20)21-8-4-6-12-28-21/h3-8,11-14,32-33H,9-10H2,1-2H3,(H,29,30). The first kappa shape index (κ1) is 20.7. The third-order valence-corrected chi connectivity index (χ3v) is 6.53. The lowest BCUT2D eigenvalue weighted by Crippen LogP contribution is -2.31. The Labute approximate surface area is 195 Å². The Morgan fingerprint density at radius 2 is 1.68 bits per heavy atom. The molecule has 0 bridgehead atoms. The van der Waals surface area contributed by atoms with Crippen molar-refractivity contribution in [2.45, 2.75) is 37.9 Å². The van der Waals surface area contributed by atoms with Gasteiger partial charge in [-0.3, -0.25) is 9.97 Å². The molecular formula is C26H23N5O3. The maximum atomic E-state index is 12.4. The van der Waals surface area contributed by atoms with Crippen molar-refractivity contribution in [3.05, 3.63) is 95.2 Å². The maximum absolute atomic E-state index is 12.4. The topological polar surface area (TPSA) is 121 Å². The number of aliphatic hydroxyl groups is 2. The zero-order valence-electron chi connectivity index (χ0n) is 18.8. The van der Waals surface area contributed by atoms with Crippen molar-refractivity contribution in [3.63, 3.8) is 0 Å². The first-order chi connectivity index (χ1) is 16.4. The van der Waals surface area contributed by atoms with Crippen LogP contribution in [-0.2, 0) is 11.2 Å². The number of rotatable bonds is 5. The van der Waals surface area contributed by atoms with Crippen molar-refractivity contribution < 1.29 is 14.7 Å². The predicted molar refractivity (Wildman–Crippen MR) is 125 cm³/mol. The molecule has 170 valence electrons. The zero-order valence-corrected chi connectivity index (χ0v) is 18.8. The van der Waals surface area contributed by atoms with Crippen LogP contribution in [0.1, 0.15) is 47.1 Å². The van der Waals surface area contributed by atoms with Crippen LogP contribution in [0.3, 0.4) is 0 Å². The van der Waals surface area contributed by atoms with Gasteiger partial charge < -0.3 is 19.7 Å². The van der Waals surface area contributed by atoms with E-state index in [1.54, 1.807) is 36.7 Å². The van der Waals surface area contributed by atoms with E-state index in [9.17, 15) is 10.2 Å². The molecule has 1 aliphatic carbocycles. The van der Waals surface area contributed by atoms with Crippen molar-refractivity contribution in [3.8, 4) is 11.1 Å². The minimum Gasteiger partial charge on any atom is -0.382 e. The van der Waals surface area contributed by atoms with Gasteiger partial charge in [-0.15, -0.1) is 0 Å². The number of nitrogens with zero attached hydrogens (tertiary/aromatic N) is 4. The molecule has 4 heterocycles. The molecule has 4 aromatic heterocycles. The van der Waals surface area contributed by atoms with Crippen LogP contribution in [0.15, 0.2) is 65.4 Å². The first-order valence-corrected chi connectivity index (χ1v) is 11.2. The van der Waals surface area contributed by atoms with E-state index < -0.39 is 11.2 Å². The lowest BCUT2D eigenvalue weighted by atomic mass is 9.83. The maximum Gasteiger partial charge on any atom is 0.176 e. The van der Waals surface area contributed by atoms with Crippen LogP contribution in [0.5, 0.6) is 0 Å². The summed E-state index contributed by atoms with van der Waals surface area (Å²) >= 11 is 0. The number of fused-ring (bicyclic) bond motifs is 1. The number of aromatic nitrogens is 5. The number of hydrogen-bond donors (Lipinski definition) is 3. The fourth-order valence-corrected chi connectivity index (χ4v) is 4.57. The number of imidazole rings is 1. The summed E-state index contributed by atoms with van der Waals surface area (Å²) in [6, 6.07) is 14.6. The molecule has 0 aliphatic heterocycles. The number of benzene rings is 1. The summed E-state index contributed by atoms with van der Waals surface area (Å²) in [6.45, 7) is 3.74. The number of pyridine rings is 2. The minimum atomic E-state index is -1.70. The minimum absolute atomic E-state index is 0.417. The van der Waals surface area contributed by atoms with Gasteiger partial charge in [-0.25, -0.2) is 4.98 Å². The molecule has 6 rings (SSSR count). The van der Waals surface area contributed by atoms with Crippen LogP contribution in [0.2, 0.25) is 0 Å². The van der Waals surface area contributed by atoms with E-state index in [2.05, 4.69) is 20.1 Å². The van der Waals surface area contributed by atoms with Gasteiger partial charge in [-0.05, 0) is 68.7 Å². The first-order valence-electron chi connectivity index (χ1n) is 11.2. The fourth-order valence-electron chi connectivity index (χ4n) is 4.57. The Morgan fingerprint density at radius 1 is 1.00 bits per heavy atom. The average Bonchev–Trinajstić information content (AvgIpc) is 3.31. The number of hydrogen-bond acceptors (Lipinski definition) is 7. The highest BCUT2D eigenvalue weighted by Gasteiger charge is 2.46. The molecule has 3 N–H and O–H groups in total. The van der Waals surface area contributed by atoms with Gasteiger partial charge in [0.1, 0.15) is 17.2 Å². The highest BCUT2D eigenvalue weighted by molar-refractivity contribution is 5.88.